The van der Waals surface area contributed by atoms with Crippen molar-refractivity contribution >= 4 is 22.7 Å². The normalized spacial score (nSPS) is 17.8. The van der Waals surface area contributed by atoms with Crippen LogP contribution in [0.3, 0.4) is 0 Å². The molecule has 2 aromatic carbocycles. The van der Waals surface area contributed by atoms with Gasteiger partial charge in [-0.15, -0.1) is 0 Å². The molecular formula is C23H22N6O4. The van der Waals surface area contributed by atoms with Crippen LogP contribution in [-0.2, 0) is 11.3 Å². The lowest BCUT2D eigenvalue weighted by molar-refractivity contribution is -0.385. The second-order valence-electron chi connectivity index (χ2n) is 7.71. The Balaban J connectivity index is 1.25. The zero-order valence-corrected chi connectivity index (χ0v) is 17.7. The number of nitro benzene ring substituents is 1. The molecule has 10 heteroatoms. The van der Waals surface area contributed by atoms with E-state index in [0.717, 1.165) is 18.4 Å². The first-order chi connectivity index (χ1) is 16.2. The van der Waals surface area contributed by atoms with Crippen molar-refractivity contribution in [2.24, 2.45) is 0 Å². The molecule has 2 unspecified atom stereocenters. The fourth-order valence-electron chi connectivity index (χ4n) is 3.90. The first kappa shape index (κ1) is 20.8. The van der Waals surface area contributed by atoms with Crippen molar-refractivity contribution in [2.75, 3.05) is 11.9 Å². The quantitative estimate of drug-likeness (QED) is 0.317. The van der Waals surface area contributed by atoms with Crippen molar-refractivity contribution < 1.29 is 14.4 Å². The molecule has 1 N–H and O–H groups in total. The maximum atomic E-state index is 11.2. The summed E-state index contributed by atoms with van der Waals surface area (Å²) in [7, 11) is 0. The van der Waals surface area contributed by atoms with E-state index in [1.807, 2.05) is 34.9 Å². The Hall–Kier alpha value is -4.05. The van der Waals surface area contributed by atoms with E-state index >= 15 is 0 Å². The monoisotopic (exact) mass is 446 g/mol. The Morgan fingerprint density at radius 1 is 1.09 bits per heavy atom. The van der Waals surface area contributed by atoms with Crippen molar-refractivity contribution in [1.82, 2.24) is 19.5 Å². The van der Waals surface area contributed by atoms with Gasteiger partial charge in [-0.25, -0.2) is 15.0 Å². The molecule has 0 aliphatic carbocycles. The standard InChI is InChI=1S/C23H22N6O4/c30-29(31)18-8-4-5-9-19(18)32-13-17-10-11-20(33-17)28-15-27-21-22(25-14-26-23(21)28)24-12-16-6-2-1-3-7-16/h1-9,14-15,17,20H,10-13H2,(H,24,25,26). The number of benzene rings is 2. The Bertz CT molecular complexity index is 1260. The maximum Gasteiger partial charge on any atom is 0.310 e. The number of anilines is 1. The minimum Gasteiger partial charge on any atom is -0.484 e. The van der Waals surface area contributed by atoms with Crippen LogP contribution < -0.4 is 10.1 Å². The van der Waals surface area contributed by atoms with Crippen LogP contribution in [-0.4, -0.2) is 37.2 Å². The predicted octanol–water partition coefficient (Wildman–Crippen LogP) is 4.10. The van der Waals surface area contributed by atoms with Gasteiger partial charge in [0, 0.05) is 12.6 Å². The van der Waals surface area contributed by atoms with E-state index in [1.54, 1.807) is 24.5 Å². The smallest absolute Gasteiger partial charge is 0.310 e. The third-order valence-corrected chi connectivity index (χ3v) is 5.54. The summed E-state index contributed by atoms with van der Waals surface area (Å²) < 4.78 is 13.8. The molecular weight excluding hydrogens is 424 g/mol. The highest BCUT2D eigenvalue weighted by atomic mass is 16.6. The summed E-state index contributed by atoms with van der Waals surface area (Å²) in [4.78, 5) is 24.0. The Labute approximate surface area is 189 Å². The van der Waals surface area contributed by atoms with Gasteiger partial charge in [-0.2, -0.15) is 0 Å². The number of nitro groups is 1. The van der Waals surface area contributed by atoms with Gasteiger partial charge in [-0.05, 0) is 24.5 Å². The molecule has 3 heterocycles. The van der Waals surface area contributed by atoms with Gasteiger partial charge < -0.3 is 14.8 Å². The van der Waals surface area contributed by atoms with Crippen molar-refractivity contribution in [3.63, 3.8) is 0 Å². The van der Waals surface area contributed by atoms with Crippen LogP contribution in [0.25, 0.3) is 11.2 Å². The Morgan fingerprint density at radius 3 is 2.76 bits per heavy atom. The van der Waals surface area contributed by atoms with Gasteiger partial charge in [0.25, 0.3) is 0 Å². The number of nitrogens with one attached hydrogen (secondary N) is 1. The largest absolute Gasteiger partial charge is 0.484 e. The van der Waals surface area contributed by atoms with Crippen molar-refractivity contribution in [3.8, 4) is 5.75 Å². The SMILES string of the molecule is O=[N+]([O-])c1ccccc1OCC1CCC(n2cnc3c(NCc4ccccc4)ncnc32)O1. The molecule has 2 aromatic heterocycles. The number of nitrogens with zero attached hydrogens (tertiary/aromatic N) is 5. The van der Waals surface area contributed by atoms with E-state index in [2.05, 4.69) is 20.3 Å². The third-order valence-electron chi connectivity index (χ3n) is 5.54. The van der Waals surface area contributed by atoms with Gasteiger partial charge in [0.15, 0.2) is 22.7 Å². The molecule has 5 rings (SSSR count). The molecule has 1 fully saturated rings. The Kier molecular flexibility index (Phi) is 5.81. The minimum atomic E-state index is -0.450. The van der Waals surface area contributed by atoms with E-state index in [9.17, 15) is 10.1 Å². The second kappa shape index (κ2) is 9.21. The maximum absolute atomic E-state index is 11.2. The summed E-state index contributed by atoms with van der Waals surface area (Å²) in [6.45, 7) is 0.859. The molecule has 0 saturated carbocycles. The lowest BCUT2D eigenvalue weighted by Crippen LogP contribution is -2.18. The summed E-state index contributed by atoms with van der Waals surface area (Å²) >= 11 is 0. The van der Waals surface area contributed by atoms with E-state index in [4.69, 9.17) is 9.47 Å². The van der Waals surface area contributed by atoms with Crippen LogP contribution in [0.15, 0.2) is 67.3 Å². The molecule has 1 aliphatic heterocycles. The molecule has 0 radical (unpaired) electrons. The molecule has 0 spiro atoms. The number of hydrogen-bond acceptors (Lipinski definition) is 8. The summed E-state index contributed by atoms with van der Waals surface area (Å²) in [5, 5.41) is 14.5. The number of aromatic nitrogens is 4. The number of imidazole rings is 1. The van der Waals surface area contributed by atoms with Crippen LogP contribution in [0.1, 0.15) is 24.6 Å². The van der Waals surface area contributed by atoms with Gasteiger partial charge in [0.05, 0.1) is 17.4 Å². The highest BCUT2D eigenvalue weighted by Gasteiger charge is 2.29. The zero-order valence-electron chi connectivity index (χ0n) is 17.7. The van der Waals surface area contributed by atoms with Gasteiger partial charge in [-0.1, -0.05) is 42.5 Å². The topological polar surface area (TPSA) is 117 Å². The lowest BCUT2D eigenvalue weighted by Gasteiger charge is -2.16. The van der Waals surface area contributed by atoms with E-state index in [0.29, 0.717) is 23.5 Å². The first-order valence-electron chi connectivity index (χ1n) is 10.7. The summed E-state index contributed by atoms with van der Waals surface area (Å²) in [6, 6.07) is 16.4. The molecule has 33 heavy (non-hydrogen) atoms. The van der Waals surface area contributed by atoms with Gasteiger partial charge in [0.2, 0.25) is 0 Å². The molecule has 168 valence electrons. The van der Waals surface area contributed by atoms with Crippen LogP contribution >= 0.6 is 0 Å². The number of hydrogen-bond donors (Lipinski definition) is 1. The van der Waals surface area contributed by atoms with Crippen molar-refractivity contribution in [3.05, 3.63) is 82.9 Å². The fourth-order valence-corrected chi connectivity index (χ4v) is 3.90. The molecule has 0 bridgehead atoms. The van der Waals surface area contributed by atoms with Crippen molar-refractivity contribution in [1.29, 1.82) is 0 Å². The molecule has 1 aliphatic rings. The number of para-hydroxylation sites is 2. The van der Waals surface area contributed by atoms with Gasteiger partial charge in [-0.3, -0.25) is 14.7 Å². The average molecular weight is 446 g/mol. The summed E-state index contributed by atoms with van der Waals surface area (Å²) in [5.41, 5.74) is 2.45. The highest BCUT2D eigenvalue weighted by molar-refractivity contribution is 5.82. The average Bonchev–Trinajstić information content (AvgIpc) is 3.49. The van der Waals surface area contributed by atoms with Crippen molar-refractivity contribution in [2.45, 2.75) is 31.7 Å². The van der Waals surface area contributed by atoms with Crippen LogP contribution in [0.5, 0.6) is 5.75 Å². The first-order valence-corrected chi connectivity index (χ1v) is 10.7. The van der Waals surface area contributed by atoms with Gasteiger partial charge in [0.1, 0.15) is 19.2 Å². The molecule has 1 saturated heterocycles. The highest BCUT2D eigenvalue weighted by Crippen LogP contribution is 2.33. The van der Waals surface area contributed by atoms with E-state index in [1.165, 1.54) is 12.4 Å². The van der Waals surface area contributed by atoms with Crippen LogP contribution in [0.2, 0.25) is 0 Å². The number of rotatable bonds is 8. The van der Waals surface area contributed by atoms with Crippen LogP contribution in [0.4, 0.5) is 11.5 Å². The molecule has 4 aromatic rings. The molecule has 0 amide bonds. The summed E-state index contributed by atoms with van der Waals surface area (Å²) in [5.74, 6) is 0.904. The second-order valence-corrected chi connectivity index (χ2v) is 7.71. The van der Waals surface area contributed by atoms with Gasteiger partial charge >= 0.3 is 5.69 Å². The number of fused-ring (bicyclic) bond motifs is 1. The van der Waals surface area contributed by atoms with E-state index < -0.39 is 4.92 Å². The van der Waals surface area contributed by atoms with Crippen LogP contribution in [0, 0.1) is 10.1 Å². The Morgan fingerprint density at radius 2 is 1.91 bits per heavy atom. The number of ether oxygens (including phenoxy) is 2. The molecule has 2 atom stereocenters. The van der Waals surface area contributed by atoms with E-state index in [-0.39, 0.29) is 30.4 Å². The molecule has 10 nitrogen and oxygen atoms in total. The summed E-state index contributed by atoms with van der Waals surface area (Å²) in [6.07, 6.45) is 4.31. The third kappa shape index (κ3) is 4.46. The predicted molar refractivity (Wildman–Crippen MR) is 121 cm³/mol. The zero-order chi connectivity index (χ0) is 22.6. The fraction of sp³-hybridized carbons (Fsp3) is 0.261. The minimum absolute atomic E-state index is 0.0557. The lowest BCUT2D eigenvalue weighted by atomic mass is 10.2.